The normalized spacial score (nSPS) is 12.1. The first-order chi connectivity index (χ1) is 14.6. The molecule has 31 heavy (non-hydrogen) atoms. The van der Waals surface area contributed by atoms with E-state index in [1.54, 1.807) is 7.05 Å². The molecule has 0 spiro atoms. The summed E-state index contributed by atoms with van der Waals surface area (Å²) in [5, 5.41) is 2.57. The minimum atomic E-state index is -3.81. The third-order valence-corrected chi connectivity index (χ3v) is 7.11. The van der Waals surface area contributed by atoms with Crippen LogP contribution in [0.1, 0.15) is 22.9 Å². The van der Waals surface area contributed by atoms with Gasteiger partial charge in [0, 0.05) is 20.1 Å². The largest absolute Gasteiger partial charge is 0.331 e. The quantitative estimate of drug-likeness (QED) is 0.501. The van der Waals surface area contributed by atoms with Gasteiger partial charge in [-0.25, -0.2) is 22.2 Å². The van der Waals surface area contributed by atoms with Crippen molar-refractivity contribution in [3.8, 4) is 0 Å². The Bertz CT molecular complexity index is 1140. The molecule has 3 rings (SSSR count). The van der Waals surface area contributed by atoms with Gasteiger partial charge < -0.3 is 10.3 Å². The number of imidazole rings is 1. The van der Waals surface area contributed by atoms with Crippen LogP contribution in [-0.2, 0) is 10.0 Å². The van der Waals surface area contributed by atoms with E-state index >= 15 is 0 Å². The third-order valence-electron chi connectivity index (χ3n) is 4.76. The monoisotopic (exact) mass is 488 g/mol. The number of nitrogens with one attached hydrogen (secondary N) is 2. The number of hydrogen-bond donors (Lipinski definition) is 2. The topological polar surface area (TPSA) is 78.1 Å². The molecule has 3 aromatic rings. The van der Waals surface area contributed by atoms with Gasteiger partial charge in [0.05, 0.1) is 22.2 Å². The molecule has 0 aliphatic rings. The molecule has 11 heteroatoms. The molecule has 1 heterocycles. The van der Waals surface area contributed by atoms with Crippen LogP contribution in [0.2, 0.25) is 10.0 Å². The van der Waals surface area contributed by atoms with E-state index < -0.39 is 27.6 Å². The van der Waals surface area contributed by atoms with E-state index in [0.717, 1.165) is 0 Å². The maximum Gasteiger partial charge on any atom is 0.259 e. The number of likely N-dealkylation sites (N-methyl/N-ethyl adjacent to an activating group) is 2. The molecule has 0 atom stereocenters. The maximum atomic E-state index is 13.7. The van der Waals surface area contributed by atoms with Gasteiger partial charge in [-0.05, 0) is 42.4 Å². The van der Waals surface area contributed by atoms with Crippen LogP contribution >= 0.6 is 23.2 Å². The van der Waals surface area contributed by atoms with E-state index in [1.165, 1.54) is 53.9 Å². The molecule has 0 unspecified atom stereocenters. The molecule has 0 aliphatic heterocycles. The zero-order valence-electron chi connectivity index (χ0n) is 16.7. The average Bonchev–Trinajstić information content (AvgIpc) is 3.22. The lowest BCUT2D eigenvalue weighted by atomic mass is 9.90. The van der Waals surface area contributed by atoms with Gasteiger partial charge in [0.15, 0.2) is 5.03 Å². The summed E-state index contributed by atoms with van der Waals surface area (Å²) in [5.41, 5.74) is 1.05. The zero-order valence-corrected chi connectivity index (χ0v) is 19.0. The smallest absolute Gasteiger partial charge is 0.259 e. The summed E-state index contributed by atoms with van der Waals surface area (Å²) in [6, 6.07) is 8.21. The first-order valence-electron chi connectivity index (χ1n) is 9.21. The van der Waals surface area contributed by atoms with Crippen molar-refractivity contribution in [3.05, 3.63) is 81.2 Å². The van der Waals surface area contributed by atoms with E-state index in [0.29, 0.717) is 17.7 Å². The molecule has 0 aliphatic carbocycles. The molecule has 0 saturated carbocycles. The summed E-state index contributed by atoms with van der Waals surface area (Å²) in [6.07, 6.45) is 1.21. The van der Waals surface area contributed by atoms with Gasteiger partial charge in [0.1, 0.15) is 17.5 Å². The fraction of sp³-hybridized carbons (Fsp3) is 0.250. The zero-order chi connectivity index (χ0) is 22.8. The number of sulfonamides is 1. The van der Waals surface area contributed by atoms with Crippen molar-refractivity contribution in [3.63, 3.8) is 0 Å². The highest BCUT2D eigenvalue weighted by Crippen LogP contribution is 2.34. The molecule has 2 aromatic carbocycles. The van der Waals surface area contributed by atoms with Crippen LogP contribution < -0.4 is 5.32 Å². The van der Waals surface area contributed by atoms with Crippen LogP contribution in [0.15, 0.2) is 47.6 Å². The Kier molecular flexibility index (Phi) is 7.33. The number of hydrogen-bond acceptors (Lipinski definition) is 4. The lowest BCUT2D eigenvalue weighted by Crippen LogP contribution is -2.33. The first-order valence-corrected chi connectivity index (χ1v) is 11.4. The second-order valence-electron chi connectivity index (χ2n) is 6.84. The van der Waals surface area contributed by atoms with E-state index in [4.69, 9.17) is 23.2 Å². The van der Waals surface area contributed by atoms with Crippen molar-refractivity contribution in [2.75, 3.05) is 27.2 Å². The van der Waals surface area contributed by atoms with Crippen molar-refractivity contribution in [2.24, 2.45) is 0 Å². The summed E-state index contributed by atoms with van der Waals surface area (Å²) in [7, 11) is -0.629. The van der Waals surface area contributed by atoms with Gasteiger partial charge in [-0.3, -0.25) is 0 Å². The number of benzene rings is 2. The van der Waals surface area contributed by atoms with Gasteiger partial charge in [0.25, 0.3) is 10.0 Å². The van der Waals surface area contributed by atoms with Crippen molar-refractivity contribution < 1.29 is 17.2 Å². The summed E-state index contributed by atoms with van der Waals surface area (Å²) in [6.45, 7) is 0.735. The Labute approximate surface area is 189 Å². The fourth-order valence-electron chi connectivity index (χ4n) is 3.05. The predicted molar refractivity (Wildman–Crippen MR) is 116 cm³/mol. The number of H-pyrrole nitrogens is 1. The van der Waals surface area contributed by atoms with Crippen molar-refractivity contribution in [1.29, 1.82) is 0 Å². The molecule has 1 aromatic heterocycles. The van der Waals surface area contributed by atoms with Gasteiger partial charge in [-0.1, -0.05) is 35.3 Å². The Hall–Kier alpha value is -2.04. The number of nitrogens with zero attached hydrogens (tertiary/aromatic N) is 2. The van der Waals surface area contributed by atoms with Crippen molar-refractivity contribution in [1.82, 2.24) is 19.6 Å². The fourth-order valence-corrected chi connectivity index (χ4v) is 4.51. The molecule has 0 bridgehead atoms. The molecule has 0 radical (unpaired) electrons. The second kappa shape index (κ2) is 9.62. The first kappa shape index (κ1) is 23.6. The van der Waals surface area contributed by atoms with E-state index in [2.05, 4.69) is 15.3 Å². The highest BCUT2D eigenvalue weighted by atomic mass is 35.5. The molecule has 0 saturated heterocycles. The summed E-state index contributed by atoms with van der Waals surface area (Å²) < 4.78 is 54.3. The minimum Gasteiger partial charge on any atom is -0.331 e. The van der Waals surface area contributed by atoms with Gasteiger partial charge in [0.2, 0.25) is 0 Å². The molecule has 166 valence electrons. The third kappa shape index (κ3) is 5.07. The Balaban J connectivity index is 2.08. The predicted octanol–water partition coefficient (Wildman–Crippen LogP) is 4.01. The van der Waals surface area contributed by atoms with Crippen LogP contribution in [0.3, 0.4) is 0 Å². The number of halogens is 4. The van der Waals surface area contributed by atoms with Crippen molar-refractivity contribution >= 4 is 33.2 Å². The van der Waals surface area contributed by atoms with Gasteiger partial charge in [-0.15, -0.1) is 0 Å². The Morgan fingerprint density at radius 2 is 1.65 bits per heavy atom. The van der Waals surface area contributed by atoms with Crippen LogP contribution in [0.25, 0.3) is 0 Å². The maximum absolute atomic E-state index is 13.7. The number of aromatic nitrogens is 2. The number of aromatic amines is 1. The molecule has 0 amide bonds. The molecule has 2 N–H and O–H groups in total. The molecular formula is C20H20Cl2F2N4O2S. The highest BCUT2D eigenvalue weighted by Gasteiger charge is 2.27. The average molecular weight is 489 g/mol. The minimum absolute atomic E-state index is 0.104. The summed E-state index contributed by atoms with van der Waals surface area (Å²) in [4.78, 5) is 7.09. The summed E-state index contributed by atoms with van der Waals surface area (Å²) >= 11 is 11.9. The van der Waals surface area contributed by atoms with Crippen LogP contribution in [0.5, 0.6) is 0 Å². The number of rotatable bonds is 8. The lowest BCUT2D eigenvalue weighted by Gasteiger charge is -2.18. The van der Waals surface area contributed by atoms with Crippen LogP contribution in [0, 0.1) is 11.6 Å². The SMILES string of the molecule is CNCCN(C)S(=O)(=O)c1cnc(C(c2ccc(F)c(Cl)c2)c2ccc(F)c(Cl)c2)[nH]1. The Morgan fingerprint density at radius 1 is 1.10 bits per heavy atom. The Morgan fingerprint density at radius 3 is 2.13 bits per heavy atom. The standard InChI is InChI=1S/C20H20Cl2F2N4O2S/c1-25-7-8-28(2)31(29,30)18-11-26-20(27-18)19(12-3-5-16(23)14(21)9-12)13-4-6-17(24)15(22)10-13/h3-6,9-11,19,25H,7-8H2,1-2H3,(H,26,27). The summed E-state index contributed by atoms with van der Waals surface area (Å²) in [5.74, 6) is -1.64. The van der Waals surface area contributed by atoms with E-state index in [-0.39, 0.29) is 27.4 Å². The van der Waals surface area contributed by atoms with Crippen LogP contribution in [0.4, 0.5) is 8.78 Å². The second-order valence-corrected chi connectivity index (χ2v) is 9.67. The van der Waals surface area contributed by atoms with Crippen molar-refractivity contribution in [2.45, 2.75) is 10.9 Å². The van der Waals surface area contributed by atoms with Gasteiger partial charge >= 0.3 is 0 Å². The van der Waals surface area contributed by atoms with Crippen LogP contribution in [-0.4, -0.2) is 49.9 Å². The molecular weight excluding hydrogens is 469 g/mol. The molecule has 0 fully saturated rings. The lowest BCUT2D eigenvalue weighted by molar-refractivity contribution is 0.463. The van der Waals surface area contributed by atoms with E-state index in [9.17, 15) is 17.2 Å². The molecule has 6 nitrogen and oxygen atoms in total. The van der Waals surface area contributed by atoms with Gasteiger partial charge in [-0.2, -0.15) is 4.31 Å². The highest BCUT2D eigenvalue weighted by molar-refractivity contribution is 7.89. The van der Waals surface area contributed by atoms with E-state index in [1.807, 2.05) is 0 Å².